The van der Waals surface area contributed by atoms with Crippen molar-refractivity contribution in [2.24, 2.45) is 0 Å². The molecule has 0 spiro atoms. The van der Waals surface area contributed by atoms with Crippen LogP contribution < -0.4 is 10.1 Å². The summed E-state index contributed by atoms with van der Waals surface area (Å²) in [6.45, 7) is 2.19. The third kappa shape index (κ3) is 8.19. The van der Waals surface area contributed by atoms with E-state index in [2.05, 4.69) is 21.2 Å². The molecule has 5 nitrogen and oxygen atoms in total. The predicted molar refractivity (Wildman–Crippen MR) is 150 cm³/mol. The van der Waals surface area contributed by atoms with Gasteiger partial charge in [-0.25, -0.2) is 0 Å². The molecule has 0 saturated heterocycles. The molecule has 0 unspecified atom stereocenters. The average molecular weight is 564 g/mol. The van der Waals surface area contributed by atoms with E-state index in [-0.39, 0.29) is 24.5 Å². The smallest absolute Gasteiger partial charge is 0.261 e. The van der Waals surface area contributed by atoms with Gasteiger partial charge in [0, 0.05) is 23.5 Å². The minimum Gasteiger partial charge on any atom is -0.484 e. The summed E-state index contributed by atoms with van der Waals surface area (Å²) in [5.41, 5.74) is 3.09. The number of rotatable bonds is 10. The highest BCUT2D eigenvalue weighted by Gasteiger charge is 2.32. The maximum absolute atomic E-state index is 13.8. The molecule has 3 aromatic rings. The summed E-state index contributed by atoms with van der Waals surface area (Å²) in [6.07, 6.45) is 5.87. The van der Waals surface area contributed by atoms with Crippen molar-refractivity contribution in [3.63, 3.8) is 0 Å². The van der Waals surface area contributed by atoms with Crippen LogP contribution in [-0.4, -0.2) is 35.4 Å². The van der Waals surface area contributed by atoms with E-state index >= 15 is 0 Å². The van der Waals surface area contributed by atoms with Crippen LogP contribution in [0.3, 0.4) is 0 Å². The van der Waals surface area contributed by atoms with Crippen LogP contribution in [-0.2, 0) is 22.6 Å². The Morgan fingerprint density at radius 2 is 1.59 bits per heavy atom. The number of carbonyl (C=O) groups is 2. The maximum Gasteiger partial charge on any atom is 0.261 e. The minimum atomic E-state index is -0.651. The second-order valence-electron chi connectivity index (χ2n) is 9.80. The highest BCUT2D eigenvalue weighted by molar-refractivity contribution is 9.10. The lowest BCUT2D eigenvalue weighted by Crippen LogP contribution is -2.53. The molecule has 3 aromatic carbocycles. The van der Waals surface area contributed by atoms with Gasteiger partial charge >= 0.3 is 0 Å². The van der Waals surface area contributed by atoms with Gasteiger partial charge in [-0.3, -0.25) is 9.59 Å². The Hall–Kier alpha value is -3.12. The van der Waals surface area contributed by atoms with Gasteiger partial charge in [-0.05, 0) is 55.2 Å². The lowest BCUT2D eigenvalue weighted by molar-refractivity contribution is -0.143. The standard InChI is InChI=1S/C31H35BrN2O3/c1-23-12-18-28(19-13-23)37-22-30(35)34(21-25-14-16-26(32)17-15-25)29(20-24-8-4-2-5-9-24)31(36)33-27-10-6-3-7-11-27/h2,4-5,8-9,12-19,27,29H,3,6-7,10-11,20-22H2,1H3,(H,33,36)/t29-/m0/s1. The lowest BCUT2D eigenvalue weighted by atomic mass is 9.94. The van der Waals surface area contributed by atoms with Crippen LogP contribution >= 0.6 is 15.9 Å². The number of aryl methyl sites for hydroxylation is 1. The number of ether oxygens (including phenoxy) is 1. The molecule has 0 aliphatic heterocycles. The molecule has 37 heavy (non-hydrogen) atoms. The van der Waals surface area contributed by atoms with Gasteiger partial charge in [0.25, 0.3) is 5.91 Å². The molecule has 194 valence electrons. The summed E-state index contributed by atoms with van der Waals surface area (Å²) >= 11 is 3.48. The van der Waals surface area contributed by atoms with Crippen LogP contribution in [0.4, 0.5) is 0 Å². The summed E-state index contributed by atoms with van der Waals surface area (Å²) in [5, 5.41) is 3.27. The zero-order valence-electron chi connectivity index (χ0n) is 21.4. The van der Waals surface area contributed by atoms with Crippen LogP contribution in [0, 0.1) is 6.92 Å². The monoisotopic (exact) mass is 562 g/mol. The van der Waals surface area contributed by atoms with Crippen LogP contribution in [0.1, 0.15) is 48.8 Å². The molecule has 6 heteroatoms. The van der Waals surface area contributed by atoms with Crippen molar-refractivity contribution in [3.05, 3.63) is 100 Å². The van der Waals surface area contributed by atoms with E-state index < -0.39 is 6.04 Å². The molecule has 1 fully saturated rings. The van der Waals surface area contributed by atoms with Crippen molar-refractivity contribution < 1.29 is 14.3 Å². The first-order chi connectivity index (χ1) is 18.0. The average Bonchev–Trinajstić information content (AvgIpc) is 2.92. The number of benzene rings is 3. The fourth-order valence-corrected chi connectivity index (χ4v) is 5.01. The third-order valence-corrected chi connectivity index (χ3v) is 7.40. The number of hydrogen-bond acceptors (Lipinski definition) is 3. The van der Waals surface area contributed by atoms with Gasteiger partial charge in [-0.1, -0.05) is 95.4 Å². The number of amides is 2. The van der Waals surface area contributed by atoms with Gasteiger partial charge in [0.1, 0.15) is 11.8 Å². The molecule has 0 bridgehead atoms. The van der Waals surface area contributed by atoms with Gasteiger partial charge < -0.3 is 15.0 Å². The van der Waals surface area contributed by atoms with Crippen molar-refractivity contribution >= 4 is 27.7 Å². The molecule has 2 amide bonds. The third-order valence-electron chi connectivity index (χ3n) is 6.87. The van der Waals surface area contributed by atoms with Crippen LogP contribution in [0.5, 0.6) is 5.75 Å². The van der Waals surface area contributed by atoms with Crippen molar-refractivity contribution in [2.75, 3.05) is 6.61 Å². The number of nitrogens with one attached hydrogen (secondary N) is 1. The highest BCUT2D eigenvalue weighted by atomic mass is 79.9. The Bertz CT molecular complexity index is 1140. The van der Waals surface area contributed by atoms with Crippen LogP contribution in [0.25, 0.3) is 0 Å². The molecule has 1 N–H and O–H groups in total. The first kappa shape index (κ1) is 26.9. The van der Waals surface area contributed by atoms with Gasteiger partial charge in [-0.2, -0.15) is 0 Å². The summed E-state index contributed by atoms with van der Waals surface area (Å²) in [6, 6.07) is 24.9. The van der Waals surface area contributed by atoms with Gasteiger partial charge in [0.05, 0.1) is 0 Å². The second kappa shape index (κ2) is 13.4. The van der Waals surface area contributed by atoms with Crippen molar-refractivity contribution in [1.29, 1.82) is 0 Å². The SMILES string of the molecule is Cc1ccc(OCC(=O)N(Cc2ccc(Br)cc2)[C@@H](Cc2ccccc2)C(=O)NC2CCCCC2)cc1. The van der Waals surface area contributed by atoms with Gasteiger partial charge in [0.2, 0.25) is 5.91 Å². The molecule has 1 aliphatic rings. The number of halogens is 1. The molecule has 4 rings (SSSR count). The number of nitrogens with zero attached hydrogens (tertiary/aromatic N) is 1. The van der Waals surface area contributed by atoms with Crippen LogP contribution in [0.15, 0.2) is 83.3 Å². The molecule has 1 aliphatic carbocycles. The minimum absolute atomic E-state index is 0.100. The molecular weight excluding hydrogens is 528 g/mol. The summed E-state index contributed by atoms with van der Waals surface area (Å²) in [7, 11) is 0. The second-order valence-corrected chi connectivity index (χ2v) is 10.7. The van der Waals surface area contributed by atoms with Crippen molar-refractivity contribution in [2.45, 2.75) is 64.1 Å². The summed E-state index contributed by atoms with van der Waals surface area (Å²) in [5.74, 6) is 0.313. The van der Waals surface area contributed by atoms with Gasteiger partial charge in [-0.15, -0.1) is 0 Å². The predicted octanol–water partition coefficient (Wildman–Crippen LogP) is 6.23. The fraction of sp³-hybridized carbons (Fsp3) is 0.355. The van der Waals surface area contributed by atoms with Crippen LogP contribution in [0.2, 0.25) is 0 Å². The Kier molecular flexibility index (Phi) is 9.78. The van der Waals surface area contributed by atoms with E-state index in [1.54, 1.807) is 4.90 Å². The first-order valence-electron chi connectivity index (χ1n) is 13.1. The first-order valence-corrected chi connectivity index (χ1v) is 13.8. The largest absolute Gasteiger partial charge is 0.484 e. The van der Waals surface area contributed by atoms with E-state index in [4.69, 9.17) is 4.74 Å². The zero-order valence-corrected chi connectivity index (χ0v) is 23.0. The summed E-state index contributed by atoms with van der Waals surface area (Å²) < 4.78 is 6.83. The normalized spacial score (nSPS) is 14.5. The zero-order chi connectivity index (χ0) is 26.0. The molecule has 0 radical (unpaired) electrons. The van der Waals surface area contributed by atoms with Gasteiger partial charge in [0.15, 0.2) is 6.61 Å². The molecule has 0 aromatic heterocycles. The van der Waals surface area contributed by atoms with E-state index in [0.29, 0.717) is 18.7 Å². The van der Waals surface area contributed by atoms with E-state index in [1.807, 2.05) is 85.8 Å². The molecule has 1 atom stereocenters. The molecular formula is C31H35BrN2O3. The Balaban J connectivity index is 1.59. The topological polar surface area (TPSA) is 58.6 Å². The quantitative estimate of drug-likeness (QED) is 0.319. The van der Waals surface area contributed by atoms with E-state index in [0.717, 1.165) is 46.8 Å². The summed E-state index contributed by atoms with van der Waals surface area (Å²) in [4.78, 5) is 29.1. The highest BCUT2D eigenvalue weighted by Crippen LogP contribution is 2.21. The van der Waals surface area contributed by atoms with Crippen molar-refractivity contribution in [3.8, 4) is 5.75 Å². The Morgan fingerprint density at radius 3 is 2.27 bits per heavy atom. The maximum atomic E-state index is 13.8. The Labute approximate surface area is 228 Å². The molecule has 0 heterocycles. The molecule has 1 saturated carbocycles. The Morgan fingerprint density at radius 1 is 0.919 bits per heavy atom. The lowest BCUT2D eigenvalue weighted by Gasteiger charge is -2.33. The van der Waals surface area contributed by atoms with Crippen molar-refractivity contribution in [1.82, 2.24) is 10.2 Å². The number of carbonyl (C=O) groups excluding carboxylic acids is 2. The van der Waals surface area contributed by atoms with E-state index in [1.165, 1.54) is 6.42 Å². The number of hydrogen-bond donors (Lipinski definition) is 1. The fourth-order valence-electron chi connectivity index (χ4n) is 4.75. The van der Waals surface area contributed by atoms with E-state index in [9.17, 15) is 9.59 Å².